The standard InChI is InChI=1S/C6H9NO3/c1-3-4-7(5(2)8)6(9)10/h3H,1,4H2,2H3,(H,9,10). The van der Waals surface area contributed by atoms with E-state index in [1.807, 2.05) is 0 Å². The van der Waals surface area contributed by atoms with Gasteiger partial charge in [-0.2, -0.15) is 0 Å². The van der Waals surface area contributed by atoms with Gasteiger partial charge in [-0.25, -0.2) is 9.69 Å². The van der Waals surface area contributed by atoms with Crippen molar-refractivity contribution in [3.8, 4) is 0 Å². The lowest BCUT2D eigenvalue weighted by atomic mass is 10.5. The average molecular weight is 143 g/mol. The molecule has 0 radical (unpaired) electrons. The zero-order chi connectivity index (χ0) is 8.15. The van der Waals surface area contributed by atoms with E-state index in [4.69, 9.17) is 5.11 Å². The largest absolute Gasteiger partial charge is 0.465 e. The van der Waals surface area contributed by atoms with Gasteiger partial charge in [-0.3, -0.25) is 4.79 Å². The van der Waals surface area contributed by atoms with E-state index in [0.29, 0.717) is 4.90 Å². The van der Waals surface area contributed by atoms with Crippen LogP contribution in [0.4, 0.5) is 4.79 Å². The molecule has 0 aliphatic rings. The summed E-state index contributed by atoms with van der Waals surface area (Å²) in [5.41, 5.74) is 0. The molecule has 2 amide bonds. The second-order valence-corrected chi connectivity index (χ2v) is 1.70. The van der Waals surface area contributed by atoms with Crippen LogP contribution in [-0.2, 0) is 4.79 Å². The molecule has 0 heterocycles. The van der Waals surface area contributed by atoms with Gasteiger partial charge in [-0.05, 0) is 0 Å². The number of amides is 2. The molecule has 0 rings (SSSR count). The molecule has 0 spiro atoms. The SMILES string of the molecule is C=CCN(C(C)=O)C(=O)O. The molecule has 0 saturated heterocycles. The van der Waals surface area contributed by atoms with Crippen LogP contribution in [0, 0.1) is 0 Å². The van der Waals surface area contributed by atoms with Crippen LogP contribution in [0.15, 0.2) is 12.7 Å². The first-order chi connectivity index (χ1) is 4.59. The first-order valence-corrected chi connectivity index (χ1v) is 2.71. The van der Waals surface area contributed by atoms with Gasteiger partial charge in [0.1, 0.15) is 0 Å². The van der Waals surface area contributed by atoms with Crippen LogP contribution in [0.3, 0.4) is 0 Å². The van der Waals surface area contributed by atoms with Crippen LogP contribution < -0.4 is 0 Å². The molecule has 0 saturated carbocycles. The van der Waals surface area contributed by atoms with Crippen molar-refractivity contribution in [3.05, 3.63) is 12.7 Å². The van der Waals surface area contributed by atoms with Gasteiger partial charge in [0, 0.05) is 13.5 Å². The minimum absolute atomic E-state index is 0.0463. The zero-order valence-corrected chi connectivity index (χ0v) is 5.70. The summed E-state index contributed by atoms with van der Waals surface area (Å²) in [6, 6.07) is 0. The molecule has 1 N–H and O–H groups in total. The number of carbonyl (C=O) groups is 2. The molecule has 0 bridgehead atoms. The van der Waals surface area contributed by atoms with Crippen molar-refractivity contribution >= 4 is 12.0 Å². The van der Waals surface area contributed by atoms with Crippen LogP contribution in [0.2, 0.25) is 0 Å². The lowest BCUT2D eigenvalue weighted by Gasteiger charge is -2.11. The molecule has 10 heavy (non-hydrogen) atoms. The van der Waals surface area contributed by atoms with E-state index < -0.39 is 12.0 Å². The monoisotopic (exact) mass is 143 g/mol. The molecule has 0 aliphatic carbocycles. The Morgan fingerprint density at radius 2 is 2.20 bits per heavy atom. The number of imide groups is 1. The Balaban J connectivity index is 4.11. The van der Waals surface area contributed by atoms with Gasteiger partial charge in [0.2, 0.25) is 5.91 Å². The van der Waals surface area contributed by atoms with E-state index >= 15 is 0 Å². The first kappa shape index (κ1) is 8.68. The van der Waals surface area contributed by atoms with Crippen molar-refractivity contribution in [1.29, 1.82) is 0 Å². The summed E-state index contributed by atoms with van der Waals surface area (Å²) in [6.45, 7) is 4.55. The Kier molecular flexibility index (Phi) is 3.17. The molecule has 0 aromatic rings. The third-order valence-corrected chi connectivity index (χ3v) is 0.923. The van der Waals surface area contributed by atoms with Crippen LogP contribution in [0.1, 0.15) is 6.92 Å². The van der Waals surface area contributed by atoms with Gasteiger partial charge in [0.05, 0.1) is 0 Å². The van der Waals surface area contributed by atoms with Gasteiger partial charge >= 0.3 is 6.09 Å². The third kappa shape index (κ3) is 2.30. The minimum Gasteiger partial charge on any atom is -0.465 e. The lowest BCUT2D eigenvalue weighted by molar-refractivity contribution is -0.126. The zero-order valence-electron chi connectivity index (χ0n) is 5.70. The summed E-state index contributed by atoms with van der Waals surface area (Å²) in [4.78, 5) is 21.3. The predicted molar refractivity (Wildman–Crippen MR) is 35.6 cm³/mol. The highest BCUT2D eigenvalue weighted by atomic mass is 16.4. The molecule has 4 nitrogen and oxygen atoms in total. The molecule has 0 aromatic heterocycles. The van der Waals surface area contributed by atoms with Crippen molar-refractivity contribution in [2.75, 3.05) is 6.54 Å². The molecule has 0 atom stereocenters. The highest BCUT2D eigenvalue weighted by molar-refractivity contribution is 5.89. The maximum atomic E-state index is 10.5. The second-order valence-electron chi connectivity index (χ2n) is 1.70. The quantitative estimate of drug-likeness (QED) is 0.579. The molecule has 0 aromatic carbocycles. The van der Waals surface area contributed by atoms with Crippen molar-refractivity contribution in [3.63, 3.8) is 0 Å². The average Bonchev–Trinajstić information content (AvgIpc) is 1.81. The molecule has 0 fully saturated rings. The number of carbonyl (C=O) groups excluding carboxylic acids is 1. The number of hydrogen-bond acceptors (Lipinski definition) is 2. The molecular formula is C6H9NO3. The van der Waals surface area contributed by atoms with Gasteiger partial charge in [-0.1, -0.05) is 6.08 Å². The van der Waals surface area contributed by atoms with Crippen molar-refractivity contribution < 1.29 is 14.7 Å². The number of hydrogen-bond donors (Lipinski definition) is 1. The summed E-state index contributed by atoms with van der Waals surface area (Å²) in [7, 11) is 0. The van der Waals surface area contributed by atoms with E-state index in [2.05, 4.69) is 6.58 Å². The lowest BCUT2D eigenvalue weighted by Crippen LogP contribution is -2.33. The summed E-state index contributed by atoms with van der Waals surface area (Å²) < 4.78 is 0. The molecule has 56 valence electrons. The topological polar surface area (TPSA) is 57.6 Å². The Bertz CT molecular complexity index is 150. The Labute approximate surface area is 58.8 Å². The molecular weight excluding hydrogens is 134 g/mol. The van der Waals surface area contributed by atoms with Gasteiger partial charge in [0.25, 0.3) is 0 Å². The van der Waals surface area contributed by atoms with Crippen LogP contribution >= 0.6 is 0 Å². The van der Waals surface area contributed by atoms with E-state index in [1.165, 1.54) is 13.0 Å². The normalized spacial score (nSPS) is 8.50. The van der Waals surface area contributed by atoms with Crippen LogP contribution in [-0.4, -0.2) is 28.6 Å². The minimum atomic E-state index is -1.24. The highest BCUT2D eigenvalue weighted by Crippen LogP contribution is 1.89. The number of nitrogens with zero attached hydrogens (tertiary/aromatic N) is 1. The Morgan fingerprint density at radius 3 is 2.30 bits per heavy atom. The van der Waals surface area contributed by atoms with E-state index in [-0.39, 0.29) is 6.54 Å². The Morgan fingerprint density at radius 1 is 1.70 bits per heavy atom. The maximum absolute atomic E-state index is 10.5. The van der Waals surface area contributed by atoms with E-state index in [0.717, 1.165) is 0 Å². The van der Waals surface area contributed by atoms with Gasteiger partial charge in [-0.15, -0.1) is 6.58 Å². The van der Waals surface area contributed by atoms with Crippen molar-refractivity contribution in [2.24, 2.45) is 0 Å². The number of rotatable bonds is 2. The highest BCUT2D eigenvalue weighted by Gasteiger charge is 2.13. The fourth-order valence-corrected chi connectivity index (χ4v) is 0.470. The first-order valence-electron chi connectivity index (χ1n) is 2.71. The number of carboxylic acid groups (broad SMARTS) is 1. The smallest absolute Gasteiger partial charge is 0.414 e. The second kappa shape index (κ2) is 3.66. The fraction of sp³-hybridized carbons (Fsp3) is 0.333. The molecule has 0 aliphatic heterocycles. The summed E-state index contributed by atoms with van der Waals surface area (Å²) in [5, 5.41) is 8.33. The van der Waals surface area contributed by atoms with Crippen molar-refractivity contribution in [1.82, 2.24) is 4.90 Å². The molecule has 0 unspecified atom stereocenters. The van der Waals surface area contributed by atoms with E-state index in [1.54, 1.807) is 0 Å². The van der Waals surface area contributed by atoms with Gasteiger partial charge in [0.15, 0.2) is 0 Å². The summed E-state index contributed by atoms with van der Waals surface area (Å²) in [5.74, 6) is -0.493. The summed E-state index contributed by atoms with van der Waals surface area (Å²) >= 11 is 0. The van der Waals surface area contributed by atoms with Crippen molar-refractivity contribution in [2.45, 2.75) is 6.92 Å². The predicted octanol–water partition coefficient (Wildman–Crippen LogP) is 0.699. The summed E-state index contributed by atoms with van der Waals surface area (Å²) in [6.07, 6.45) is 0.114. The maximum Gasteiger partial charge on any atom is 0.414 e. The van der Waals surface area contributed by atoms with Crippen LogP contribution in [0.5, 0.6) is 0 Å². The van der Waals surface area contributed by atoms with E-state index in [9.17, 15) is 9.59 Å². The third-order valence-electron chi connectivity index (χ3n) is 0.923. The fourth-order valence-electron chi connectivity index (χ4n) is 0.470. The van der Waals surface area contributed by atoms with Gasteiger partial charge < -0.3 is 5.11 Å². The van der Waals surface area contributed by atoms with Crippen LogP contribution in [0.25, 0.3) is 0 Å². The Hall–Kier alpha value is -1.32. The molecule has 4 heteroatoms.